The molecule has 2 N–H and O–H groups in total. The van der Waals surface area contributed by atoms with Gasteiger partial charge in [-0.15, -0.1) is 0 Å². The van der Waals surface area contributed by atoms with Crippen molar-refractivity contribution in [3.8, 4) is 0 Å². The van der Waals surface area contributed by atoms with Crippen molar-refractivity contribution in [1.29, 1.82) is 0 Å². The molecule has 2 aromatic carbocycles. The number of nitrogens with zero attached hydrogens (tertiary/aromatic N) is 2. The van der Waals surface area contributed by atoms with Crippen LogP contribution in [0, 0.1) is 5.82 Å². The molecule has 0 aliphatic carbocycles. The number of H-pyrrole nitrogens is 1. The highest BCUT2D eigenvalue weighted by atomic mass is 19.1. The third-order valence-electron chi connectivity index (χ3n) is 4.66. The average molecular weight is 338 g/mol. The van der Waals surface area contributed by atoms with Crippen LogP contribution in [0.25, 0.3) is 11.0 Å². The second-order valence-corrected chi connectivity index (χ2v) is 6.34. The first kappa shape index (κ1) is 15.6. The van der Waals surface area contributed by atoms with Crippen LogP contribution in [-0.4, -0.2) is 34.0 Å². The maximum Gasteiger partial charge on any atom is 0.321 e. The molecule has 0 spiro atoms. The number of likely N-dealkylation sites (tertiary alicyclic amines) is 1. The molecule has 0 bridgehead atoms. The summed E-state index contributed by atoms with van der Waals surface area (Å²) in [6, 6.07) is 14.0. The maximum absolute atomic E-state index is 13.3. The Balaban J connectivity index is 1.39. The lowest BCUT2D eigenvalue weighted by atomic mass is 9.96. The number of hydrogen-bond donors (Lipinski definition) is 2. The first-order chi connectivity index (χ1) is 12.2. The topological polar surface area (TPSA) is 61.0 Å². The molecule has 1 fully saturated rings. The molecule has 128 valence electrons. The van der Waals surface area contributed by atoms with E-state index < -0.39 is 0 Å². The van der Waals surface area contributed by atoms with Gasteiger partial charge in [-0.25, -0.2) is 14.2 Å². The van der Waals surface area contributed by atoms with Crippen LogP contribution in [0.1, 0.15) is 24.6 Å². The van der Waals surface area contributed by atoms with E-state index in [-0.39, 0.29) is 17.8 Å². The molecule has 1 aliphatic heterocycles. The Labute approximate surface area is 144 Å². The van der Waals surface area contributed by atoms with Gasteiger partial charge in [0.1, 0.15) is 11.6 Å². The molecule has 2 amide bonds. The summed E-state index contributed by atoms with van der Waals surface area (Å²) in [5.74, 6) is 0.870. The van der Waals surface area contributed by atoms with Gasteiger partial charge in [0.2, 0.25) is 0 Å². The first-order valence-corrected chi connectivity index (χ1v) is 8.45. The Hall–Kier alpha value is -2.89. The standard InChI is InChI=1S/C19H19FN4O/c20-14-6-7-16-17(12-14)23-18(22-16)13-8-10-24(11-9-13)19(25)21-15-4-2-1-3-5-15/h1-7,12-13H,8-11H2,(H,21,25)(H,22,23). The van der Waals surface area contributed by atoms with E-state index in [0.717, 1.165) is 35.4 Å². The van der Waals surface area contributed by atoms with E-state index in [9.17, 15) is 9.18 Å². The number of carbonyl (C=O) groups excluding carboxylic acids is 1. The summed E-state index contributed by atoms with van der Waals surface area (Å²) in [5, 5.41) is 2.92. The Morgan fingerprint density at radius 3 is 2.68 bits per heavy atom. The van der Waals surface area contributed by atoms with Crippen molar-refractivity contribution >= 4 is 22.8 Å². The highest BCUT2D eigenvalue weighted by Crippen LogP contribution is 2.28. The van der Waals surface area contributed by atoms with Gasteiger partial charge in [0, 0.05) is 24.7 Å². The number of nitrogens with one attached hydrogen (secondary N) is 2. The van der Waals surface area contributed by atoms with Gasteiger partial charge in [-0.1, -0.05) is 18.2 Å². The van der Waals surface area contributed by atoms with Crippen LogP contribution in [-0.2, 0) is 0 Å². The Morgan fingerprint density at radius 1 is 1.16 bits per heavy atom. The first-order valence-electron chi connectivity index (χ1n) is 8.45. The molecular formula is C19H19FN4O. The Kier molecular flexibility index (Phi) is 4.09. The summed E-state index contributed by atoms with van der Waals surface area (Å²) >= 11 is 0. The number of aromatic nitrogens is 2. The van der Waals surface area contributed by atoms with Gasteiger partial charge in [0.25, 0.3) is 0 Å². The van der Waals surface area contributed by atoms with Crippen molar-refractivity contribution in [2.45, 2.75) is 18.8 Å². The fourth-order valence-electron chi connectivity index (χ4n) is 3.27. The summed E-state index contributed by atoms with van der Waals surface area (Å²) in [5.41, 5.74) is 2.30. The average Bonchev–Trinajstić information content (AvgIpc) is 3.06. The van der Waals surface area contributed by atoms with E-state index in [2.05, 4.69) is 15.3 Å². The van der Waals surface area contributed by atoms with Crippen molar-refractivity contribution in [3.05, 3.63) is 60.2 Å². The number of para-hydroxylation sites is 1. The number of piperidine rings is 1. The molecule has 0 radical (unpaired) electrons. The van der Waals surface area contributed by atoms with Crippen LogP contribution in [0.4, 0.5) is 14.9 Å². The normalized spacial score (nSPS) is 15.5. The van der Waals surface area contributed by atoms with Crippen LogP contribution in [0.5, 0.6) is 0 Å². The van der Waals surface area contributed by atoms with E-state index in [1.54, 1.807) is 6.07 Å². The van der Waals surface area contributed by atoms with Crippen molar-refractivity contribution in [3.63, 3.8) is 0 Å². The second kappa shape index (κ2) is 6.55. The van der Waals surface area contributed by atoms with E-state index in [4.69, 9.17) is 0 Å². The molecule has 1 aliphatic rings. The summed E-state index contributed by atoms with van der Waals surface area (Å²) < 4.78 is 13.3. The maximum atomic E-state index is 13.3. The molecule has 0 unspecified atom stereocenters. The van der Waals surface area contributed by atoms with E-state index in [1.807, 2.05) is 35.2 Å². The number of benzene rings is 2. The SMILES string of the molecule is O=C(Nc1ccccc1)N1CCC(c2nc3ccc(F)cc3[nH]2)CC1. The number of imidazole rings is 1. The van der Waals surface area contributed by atoms with Crippen LogP contribution < -0.4 is 5.32 Å². The van der Waals surface area contributed by atoms with Crippen molar-refractivity contribution in [2.24, 2.45) is 0 Å². The number of anilines is 1. The predicted molar refractivity (Wildman–Crippen MR) is 95.1 cm³/mol. The number of hydrogen-bond acceptors (Lipinski definition) is 2. The highest BCUT2D eigenvalue weighted by Gasteiger charge is 2.25. The molecule has 2 heterocycles. The largest absolute Gasteiger partial charge is 0.342 e. The zero-order chi connectivity index (χ0) is 17.2. The summed E-state index contributed by atoms with van der Waals surface area (Å²) in [4.78, 5) is 22.0. The van der Waals surface area contributed by atoms with Crippen LogP contribution >= 0.6 is 0 Å². The number of aromatic amines is 1. The molecule has 1 aromatic heterocycles. The van der Waals surface area contributed by atoms with Gasteiger partial charge in [0.15, 0.2) is 0 Å². The van der Waals surface area contributed by atoms with Crippen molar-refractivity contribution < 1.29 is 9.18 Å². The number of halogens is 1. The van der Waals surface area contributed by atoms with E-state index >= 15 is 0 Å². The lowest BCUT2D eigenvalue weighted by Crippen LogP contribution is -2.40. The lowest BCUT2D eigenvalue weighted by molar-refractivity contribution is 0.193. The predicted octanol–water partition coefficient (Wildman–Crippen LogP) is 4.11. The fourth-order valence-corrected chi connectivity index (χ4v) is 3.27. The Bertz CT molecular complexity index is 885. The third kappa shape index (κ3) is 3.33. The van der Waals surface area contributed by atoms with E-state index in [0.29, 0.717) is 13.1 Å². The summed E-state index contributed by atoms with van der Waals surface area (Å²) in [6.07, 6.45) is 1.68. The molecule has 3 aromatic rings. The molecule has 0 atom stereocenters. The highest BCUT2D eigenvalue weighted by molar-refractivity contribution is 5.89. The minimum Gasteiger partial charge on any atom is -0.342 e. The second-order valence-electron chi connectivity index (χ2n) is 6.34. The quantitative estimate of drug-likeness (QED) is 0.738. The zero-order valence-corrected chi connectivity index (χ0v) is 13.7. The molecule has 25 heavy (non-hydrogen) atoms. The number of urea groups is 1. The van der Waals surface area contributed by atoms with Gasteiger partial charge < -0.3 is 15.2 Å². The molecule has 0 saturated carbocycles. The minimum atomic E-state index is -0.268. The van der Waals surface area contributed by atoms with Crippen molar-refractivity contribution in [1.82, 2.24) is 14.9 Å². The summed E-state index contributed by atoms with van der Waals surface area (Å²) in [6.45, 7) is 1.35. The minimum absolute atomic E-state index is 0.0728. The van der Waals surface area contributed by atoms with Crippen LogP contribution in [0.2, 0.25) is 0 Å². The molecule has 1 saturated heterocycles. The third-order valence-corrected chi connectivity index (χ3v) is 4.66. The van der Waals surface area contributed by atoms with Crippen molar-refractivity contribution in [2.75, 3.05) is 18.4 Å². The molecule has 5 nitrogen and oxygen atoms in total. The van der Waals surface area contributed by atoms with E-state index in [1.165, 1.54) is 12.1 Å². The smallest absolute Gasteiger partial charge is 0.321 e. The van der Waals surface area contributed by atoms with Crippen LogP contribution in [0.3, 0.4) is 0 Å². The van der Waals surface area contributed by atoms with Gasteiger partial charge in [0.05, 0.1) is 11.0 Å². The fraction of sp³-hybridized carbons (Fsp3) is 0.263. The number of fused-ring (bicyclic) bond motifs is 1. The monoisotopic (exact) mass is 338 g/mol. The summed E-state index contributed by atoms with van der Waals surface area (Å²) in [7, 11) is 0. The number of carbonyl (C=O) groups is 1. The van der Waals surface area contributed by atoms with Gasteiger partial charge in [-0.2, -0.15) is 0 Å². The number of amides is 2. The lowest BCUT2D eigenvalue weighted by Gasteiger charge is -2.31. The number of rotatable bonds is 2. The molecule has 6 heteroatoms. The van der Waals surface area contributed by atoms with Gasteiger partial charge in [-0.3, -0.25) is 0 Å². The molecule has 4 rings (SSSR count). The Morgan fingerprint density at radius 2 is 1.92 bits per heavy atom. The zero-order valence-electron chi connectivity index (χ0n) is 13.7. The molecular weight excluding hydrogens is 319 g/mol. The van der Waals surface area contributed by atoms with Gasteiger partial charge >= 0.3 is 6.03 Å². The van der Waals surface area contributed by atoms with Gasteiger partial charge in [-0.05, 0) is 43.2 Å². The van der Waals surface area contributed by atoms with Crippen LogP contribution in [0.15, 0.2) is 48.5 Å².